The van der Waals surface area contributed by atoms with Crippen LogP contribution in [-0.2, 0) is 16.1 Å². The maximum absolute atomic E-state index is 12.3. The first-order valence-corrected chi connectivity index (χ1v) is 8.81. The molecule has 25 heavy (non-hydrogen) atoms. The normalized spacial score (nSPS) is 11.6. The zero-order valence-electron chi connectivity index (χ0n) is 15.3. The fourth-order valence-corrected chi connectivity index (χ4v) is 2.76. The van der Waals surface area contributed by atoms with Gasteiger partial charge in [0, 0.05) is 11.3 Å². The number of amides is 1. The van der Waals surface area contributed by atoms with Crippen LogP contribution in [0.1, 0.15) is 67.5 Å². The highest BCUT2D eigenvalue weighted by Gasteiger charge is 2.23. The molecule has 0 aliphatic carbocycles. The number of thiophene rings is 1. The van der Waals surface area contributed by atoms with Crippen LogP contribution in [0.2, 0.25) is 0 Å². The van der Waals surface area contributed by atoms with Gasteiger partial charge in [-0.2, -0.15) is 4.98 Å². The zero-order valence-corrected chi connectivity index (χ0v) is 16.1. The van der Waals surface area contributed by atoms with Crippen molar-refractivity contribution in [1.29, 1.82) is 0 Å². The molecule has 0 aliphatic heterocycles. The molecule has 0 atom stereocenters. The number of carbonyl (C=O) groups excluding carboxylic acids is 2. The number of anilines is 1. The average Bonchev–Trinajstić information content (AvgIpc) is 3.10. The van der Waals surface area contributed by atoms with E-state index in [1.54, 1.807) is 13.0 Å². The lowest BCUT2D eigenvalue weighted by Gasteiger charge is -2.16. The third-order valence-electron chi connectivity index (χ3n) is 3.35. The van der Waals surface area contributed by atoms with E-state index in [-0.39, 0.29) is 24.3 Å². The molecule has 0 radical (unpaired) electrons. The van der Waals surface area contributed by atoms with Crippen molar-refractivity contribution in [2.45, 2.75) is 54.1 Å². The summed E-state index contributed by atoms with van der Waals surface area (Å²) >= 11 is 1.18. The molecule has 0 spiro atoms. The molecule has 2 aromatic rings. The van der Waals surface area contributed by atoms with Gasteiger partial charge in [0.2, 0.25) is 5.91 Å². The van der Waals surface area contributed by atoms with Crippen LogP contribution in [0.5, 0.6) is 0 Å². The molecular weight excluding hydrogens is 342 g/mol. The number of hydrogen-bond donors (Lipinski definition) is 1. The number of carbonyl (C=O) groups is 2. The van der Waals surface area contributed by atoms with E-state index in [2.05, 4.69) is 15.5 Å². The van der Waals surface area contributed by atoms with Crippen molar-refractivity contribution in [3.8, 4) is 0 Å². The van der Waals surface area contributed by atoms with E-state index < -0.39 is 11.4 Å². The van der Waals surface area contributed by atoms with Gasteiger partial charge in [-0.05, 0) is 18.6 Å². The molecule has 1 amide bonds. The van der Waals surface area contributed by atoms with Crippen molar-refractivity contribution < 1.29 is 18.8 Å². The number of nitrogens with zero attached hydrogens (tertiary/aromatic N) is 2. The summed E-state index contributed by atoms with van der Waals surface area (Å²) in [5.74, 6) is 0.378. The predicted molar refractivity (Wildman–Crippen MR) is 94.6 cm³/mol. The molecule has 2 heterocycles. The van der Waals surface area contributed by atoms with Crippen LogP contribution in [0.25, 0.3) is 0 Å². The number of aryl methyl sites for hydroxylation is 1. The van der Waals surface area contributed by atoms with Crippen LogP contribution in [-0.4, -0.2) is 22.0 Å². The first-order chi connectivity index (χ1) is 11.6. The molecular formula is C17H23N3O4S. The minimum absolute atomic E-state index is 0.0838. The topological polar surface area (TPSA) is 94.3 Å². The second-order valence-electron chi connectivity index (χ2n) is 7.10. The highest BCUT2D eigenvalue weighted by atomic mass is 32.1. The molecule has 0 aromatic carbocycles. The van der Waals surface area contributed by atoms with E-state index in [1.165, 1.54) is 11.3 Å². The standard InChI is InChI=1S/C17H23N3O4S/c1-9(2)14-18-11(24-20-14)8-23-15(21)13-10(3)7-12(25-13)19-16(22)17(4,5)6/h7,9H,8H2,1-6H3,(H,19,22). The molecule has 0 fully saturated rings. The van der Waals surface area contributed by atoms with E-state index >= 15 is 0 Å². The van der Waals surface area contributed by atoms with Gasteiger partial charge in [0.05, 0.1) is 5.00 Å². The van der Waals surface area contributed by atoms with Crippen molar-refractivity contribution in [2.75, 3.05) is 5.32 Å². The van der Waals surface area contributed by atoms with Crippen molar-refractivity contribution in [3.63, 3.8) is 0 Å². The SMILES string of the molecule is Cc1cc(NC(=O)C(C)(C)C)sc1C(=O)OCc1nc(C(C)C)no1. The van der Waals surface area contributed by atoms with E-state index in [1.807, 2.05) is 34.6 Å². The Morgan fingerprint density at radius 1 is 1.36 bits per heavy atom. The lowest BCUT2D eigenvalue weighted by atomic mass is 9.96. The zero-order chi connectivity index (χ0) is 18.8. The summed E-state index contributed by atoms with van der Waals surface area (Å²) < 4.78 is 10.3. The number of nitrogens with one attached hydrogen (secondary N) is 1. The van der Waals surface area contributed by atoms with Crippen molar-refractivity contribution in [1.82, 2.24) is 10.1 Å². The third kappa shape index (κ3) is 4.88. The molecule has 8 heteroatoms. The van der Waals surface area contributed by atoms with Gasteiger partial charge >= 0.3 is 5.97 Å². The second kappa shape index (κ2) is 7.35. The second-order valence-corrected chi connectivity index (χ2v) is 8.16. The van der Waals surface area contributed by atoms with Crippen LogP contribution in [0.3, 0.4) is 0 Å². The quantitative estimate of drug-likeness (QED) is 0.808. The summed E-state index contributed by atoms with van der Waals surface area (Å²) in [6.45, 7) is 11.1. The largest absolute Gasteiger partial charge is 0.451 e. The fourth-order valence-electron chi connectivity index (χ4n) is 1.80. The lowest BCUT2D eigenvalue weighted by molar-refractivity contribution is -0.123. The maximum Gasteiger partial charge on any atom is 0.349 e. The van der Waals surface area contributed by atoms with Crippen LogP contribution in [0.4, 0.5) is 5.00 Å². The predicted octanol–water partition coefficient (Wildman–Crippen LogP) is 3.90. The Bertz CT molecular complexity index is 771. The first kappa shape index (κ1) is 19.1. The summed E-state index contributed by atoms with van der Waals surface area (Å²) in [4.78, 5) is 28.9. The molecule has 136 valence electrons. The van der Waals surface area contributed by atoms with Crippen LogP contribution in [0.15, 0.2) is 10.6 Å². The molecule has 7 nitrogen and oxygen atoms in total. The number of rotatable bonds is 5. The van der Waals surface area contributed by atoms with Gasteiger partial charge in [0.15, 0.2) is 12.4 Å². The minimum atomic E-state index is -0.509. The molecule has 2 rings (SSSR count). The number of aromatic nitrogens is 2. The number of ether oxygens (including phenoxy) is 1. The summed E-state index contributed by atoms with van der Waals surface area (Å²) in [5, 5.41) is 7.25. The summed E-state index contributed by atoms with van der Waals surface area (Å²) in [6, 6.07) is 1.76. The Hall–Kier alpha value is -2.22. The highest BCUT2D eigenvalue weighted by Crippen LogP contribution is 2.29. The van der Waals surface area contributed by atoms with Crippen LogP contribution in [0, 0.1) is 12.3 Å². The molecule has 0 aliphatic rings. The Morgan fingerprint density at radius 2 is 2.04 bits per heavy atom. The van der Waals surface area contributed by atoms with Gasteiger partial charge < -0.3 is 14.6 Å². The van der Waals surface area contributed by atoms with Crippen LogP contribution < -0.4 is 5.32 Å². The summed E-state index contributed by atoms with van der Waals surface area (Å²) in [7, 11) is 0. The number of esters is 1. The minimum Gasteiger partial charge on any atom is -0.451 e. The molecule has 0 bridgehead atoms. The van der Waals surface area contributed by atoms with Gasteiger partial charge in [-0.1, -0.05) is 39.8 Å². The van der Waals surface area contributed by atoms with Gasteiger partial charge in [-0.3, -0.25) is 4.79 Å². The summed E-state index contributed by atoms with van der Waals surface area (Å²) in [5.41, 5.74) is 0.234. The van der Waals surface area contributed by atoms with E-state index in [0.717, 1.165) is 5.56 Å². The van der Waals surface area contributed by atoms with Crippen molar-refractivity contribution in [3.05, 3.63) is 28.2 Å². The van der Waals surface area contributed by atoms with Crippen LogP contribution >= 0.6 is 11.3 Å². The fraction of sp³-hybridized carbons (Fsp3) is 0.529. The summed E-state index contributed by atoms with van der Waals surface area (Å²) in [6.07, 6.45) is 0. The Labute approximate surface area is 150 Å². The highest BCUT2D eigenvalue weighted by molar-refractivity contribution is 7.18. The smallest absolute Gasteiger partial charge is 0.349 e. The molecule has 1 N–H and O–H groups in total. The first-order valence-electron chi connectivity index (χ1n) is 7.99. The average molecular weight is 365 g/mol. The third-order valence-corrected chi connectivity index (χ3v) is 4.48. The monoisotopic (exact) mass is 365 g/mol. The van der Waals surface area contributed by atoms with Gasteiger partial charge in [0.25, 0.3) is 5.89 Å². The Morgan fingerprint density at radius 3 is 2.60 bits per heavy atom. The van der Waals surface area contributed by atoms with E-state index in [0.29, 0.717) is 15.7 Å². The molecule has 2 aromatic heterocycles. The molecule has 0 unspecified atom stereocenters. The lowest BCUT2D eigenvalue weighted by Crippen LogP contribution is -2.27. The Balaban J connectivity index is 2.00. The molecule has 0 saturated heterocycles. The van der Waals surface area contributed by atoms with Gasteiger partial charge in [-0.15, -0.1) is 11.3 Å². The maximum atomic E-state index is 12.3. The van der Waals surface area contributed by atoms with Gasteiger partial charge in [-0.25, -0.2) is 4.79 Å². The van der Waals surface area contributed by atoms with E-state index in [9.17, 15) is 9.59 Å². The number of hydrogen-bond acceptors (Lipinski definition) is 7. The Kier molecular flexibility index (Phi) is 5.62. The van der Waals surface area contributed by atoms with Gasteiger partial charge in [0.1, 0.15) is 4.88 Å². The van der Waals surface area contributed by atoms with Crippen molar-refractivity contribution >= 4 is 28.2 Å². The van der Waals surface area contributed by atoms with E-state index in [4.69, 9.17) is 9.26 Å². The van der Waals surface area contributed by atoms with Crippen molar-refractivity contribution in [2.24, 2.45) is 5.41 Å². The molecule has 0 saturated carbocycles.